The molecule has 8 bridgehead atoms. The van der Waals surface area contributed by atoms with Crippen LogP contribution in [-0.4, -0.2) is 79.7 Å². The van der Waals surface area contributed by atoms with Gasteiger partial charge in [-0.3, -0.25) is 23.0 Å². The van der Waals surface area contributed by atoms with Crippen molar-refractivity contribution in [2.75, 3.05) is 6.61 Å². The van der Waals surface area contributed by atoms with Crippen molar-refractivity contribution in [2.24, 2.45) is 5.73 Å². The van der Waals surface area contributed by atoms with Crippen LogP contribution in [0.15, 0.2) is 68.1 Å². The number of phenolic OH excluding ortho intramolecular Hbond substituents is 3. The monoisotopic (exact) mass is 801 g/mol. The number of phenols is 3. The van der Waals surface area contributed by atoms with Gasteiger partial charge in [-0.05, 0) is 48.5 Å². The van der Waals surface area contributed by atoms with E-state index in [4.69, 9.17) is 10.5 Å². The first-order valence-corrected chi connectivity index (χ1v) is 20.1. The van der Waals surface area contributed by atoms with E-state index >= 15 is 0 Å². The van der Waals surface area contributed by atoms with E-state index in [9.17, 15) is 72.0 Å². The molecule has 1 aliphatic rings. The maximum absolute atomic E-state index is 12.4. The smallest absolute Gasteiger partial charge is 0.294 e. The largest absolute Gasteiger partial charge is 0.507 e. The third-order valence-electron chi connectivity index (χ3n) is 8.01. The Hall–Kier alpha value is -4.81. The molecule has 18 nitrogen and oxygen atoms in total. The number of primary amides is 1. The summed E-state index contributed by atoms with van der Waals surface area (Å²) in [6.07, 6.45) is -2.82. The molecule has 1 amide bonds. The molecular formula is C30H27NO17S4. The zero-order chi connectivity index (χ0) is 38.7. The van der Waals surface area contributed by atoms with Crippen molar-refractivity contribution in [3.63, 3.8) is 0 Å². The summed E-state index contributed by atoms with van der Waals surface area (Å²) in [5.41, 5.74) is 2.44. The minimum absolute atomic E-state index is 0.281. The summed E-state index contributed by atoms with van der Waals surface area (Å²) in [4.78, 5) is 8.47. The molecule has 0 unspecified atom stereocenters. The van der Waals surface area contributed by atoms with E-state index in [-0.39, 0.29) is 50.3 Å². The van der Waals surface area contributed by atoms with Crippen LogP contribution < -0.4 is 10.5 Å². The molecule has 0 atom stereocenters. The lowest BCUT2D eigenvalue weighted by Crippen LogP contribution is -2.21. The van der Waals surface area contributed by atoms with Crippen LogP contribution in [0.25, 0.3) is 0 Å². The number of hydrogen-bond donors (Lipinski definition) is 8. The van der Waals surface area contributed by atoms with E-state index in [0.29, 0.717) is 0 Å². The van der Waals surface area contributed by atoms with Crippen LogP contribution in [0.4, 0.5) is 0 Å². The van der Waals surface area contributed by atoms with Crippen LogP contribution in [0.5, 0.6) is 23.0 Å². The second-order valence-electron chi connectivity index (χ2n) is 11.7. The Labute approximate surface area is 295 Å². The van der Waals surface area contributed by atoms with Gasteiger partial charge in [-0.25, -0.2) is 0 Å². The predicted molar refractivity (Wildman–Crippen MR) is 176 cm³/mol. The molecule has 0 saturated heterocycles. The lowest BCUT2D eigenvalue weighted by molar-refractivity contribution is -0.119. The number of hydrogen-bond acceptors (Lipinski definition) is 13. The van der Waals surface area contributed by atoms with Crippen molar-refractivity contribution in [1.82, 2.24) is 0 Å². The third kappa shape index (κ3) is 8.13. The number of rotatable bonds is 7. The van der Waals surface area contributed by atoms with Crippen molar-refractivity contribution in [1.29, 1.82) is 0 Å². The van der Waals surface area contributed by atoms with Crippen LogP contribution >= 0.6 is 0 Å². The van der Waals surface area contributed by atoms with Gasteiger partial charge in [-0.1, -0.05) is 0 Å². The maximum Gasteiger partial charge on any atom is 0.294 e. The standard InChI is InChI=1S/C30H27NO17S4/c31-26(32)13-48-30-20-3-18-9-23(50(39,40)41)7-16(28(18)34)1-14-5-22(49(36,37)38)6-15(27(14)33)2-17-8-24(51(42,43)44)10-19(29(17)35)4-21(30)12-25(11-20)52(45,46)47/h5-12,33-35H,1-4,13H2,(H2,31,32)(H,36,37,38)(H,39,40,41)(H,42,43,44)(H,45,46,47). The molecule has 0 aromatic heterocycles. The highest BCUT2D eigenvalue weighted by Gasteiger charge is 2.27. The van der Waals surface area contributed by atoms with Crippen molar-refractivity contribution < 1.29 is 76.7 Å². The van der Waals surface area contributed by atoms with Gasteiger partial charge in [-0.2, -0.15) is 33.7 Å². The predicted octanol–water partition coefficient (Wildman–Crippen LogP) is 1.33. The van der Waals surface area contributed by atoms with Gasteiger partial charge >= 0.3 is 0 Å². The zero-order valence-electron chi connectivity index (χ0n) is 26.1. The number of ether oxygens (including phenoxy) is 1. The van der Waals surface area contributed by atoms with Crippen molar-refractivity contribution >= 4 is 46.4 Å². The quantitative estimate of drug-likeness (QED) is 0.108. The molecule has 4 aromatic rings. The average molecular weight is 802 g/mol. The molecule has 0 spiro atoms. The number of nitrogens with two attached hydrogens (primary N) is 1. The molecule has 0 saturated carbocycles. The summed E-state index contributed by atoms with van der Waals surface area (Å²) in [7, 11) is -20.2. The van der Waals surface area contributed by atoms with E-state index in [1.54, 1.807) is 0 Å². The van der Waals surface area contributed by atoms with Gasteiger partial charge in [0.2, 0.25) is 0 Å². The second kappa shape index (κ2) is 13.3. The van der Waals surface area contributed by atoms with Crippen molar-refractivity contribution in [3.8, 4) is 23.0 Å². The van der Waals surface area contributed by atoms with Crippen LogP contribution in [-0.2, 0) is 71.0 Å². The van der Waals surface area contributed by atoms with Gasteiger partial charge in [0, 0.05) is 70.2 Å². The number of carbonyl (C=O) groups excluding carboxylic acids is 1. The number of aromatic hydroxyl groups is 3. The number of benzene rings is 4. The SMILES string of the molecule is NC(=O)COc1c2cc(S(=O)(=O)O)cc1Cc1cc(S(=O)(=O)O)cc(c1O)Cc1cc(S(=O)(=O)O)cc(c1O)Cc1cc(S(=O)(=O)O)cc(c1O)C2. The van der Waals surface area contributed by atoms with Gasteiger partial charge in [0.15, 0.2) is 6.61 Å². The van der Waals surface area contributed by atoms with Gasteiger partial charge in [0.25, 0.3) is 46.4 Å². The lowest BCUT2D eigenvalue weighted by atomic mass is 9.91. The zero-order valence-corrected chi connectivity index (χ0v) is 29.3. The van der Waals surface area contributed by atoms with Gasteiger partial charge in [0.1, 0.15) is 23.0 Å². The van der Waals surface area contributed by atoms with Gasteiger partial charge in [0.05, 0.1) is 19.6 Å². The number of carbonyl (C=O) groups is 1. The van der Waals surface area contributed by atoms with E-state index in [1.807, 2.05) is 0 Å². The summed E-state index contributed by atoms with van der Waals surface area (Å²) in [6.45, 7) is -0.861. The van der Waals surface area contributed by atoms with E-state index in [2.05, 4.69) is 0 Å². The summed E-state index contributed by atoms with van der Waals surface area (Å²) in [5.74, 6) is -3.58. The fourth-order valence-electron chi connectivity index (χ4n) is 5.72. The molecule has 52 heavy (non-hydrogen) atoms. The Bertz CT molecular complexity index is 2500. The molecular weight excluding hydrogens is 775 g/mol. The van der Waals surface area contributed by atoms with Gasteiger partial charge < -0.3 is 25.8 Å². The van der Waals surface area contributed by atoms with E-state index in [0.717, 1.165) is 48.5 Å². The number of amides is 1. The molecule has 4 aromatic carbocycles. The minimum atomic E-state index is -5.08. The first-order chi connectivity index (χ1) is 23.8. The summed E-state index contributed by atoms with van der Waals surface area (Å²) < 4.78 is 144. The van der Waals surface area contributed by atoms with Crippen LogP contribution in [0.1, 0.15) is 44.5 Å². The summed E-state index contributed by atoms with van der Waals surface area (Å²) >= 11 is 0. The van der Waals surface area contributed by atoms with Crippen molar-refractivity contribution in [2.45, 2.75) is 45.3 Å². The molecule has 9 N–H and O–H groups in total. The Balaban J connectivity index is 1.96. The second-order valence-corrected chi connectivity index (χ2v) is 17.4. The topological polar surface area (TPSA) is 330 Å². The molecule has 0 aliphatic heterocycles. The normalized spacial score (nSPS) is 13.8. The maximum atomic E-state index is 12.4. The Morgan fingerprint density at radius 3 is 0.904 bits per heavy atom. The Morgan fingerprint density at radius 1 is 0.481 bits per heavy atom. The molecule has 0 radical (unpaired) electrons. The van der Waals surface area contributed by atoms with E-state index < -0.39 is 116 Å². The fraction of sp³-hybridized carbons (Fsp3) is 0.167. The lowest BCUT2D eigenvalue weighted by Gasteiger charge is -2.21. The molecule has 0 fully saturated rings. The molecule has 1 aliphatic carbocycles. The molecule has 278 valence electrons. The molecule has 0 heterocycles. The summed E-state index contributed by atoms with van der Waals surface area (Å²) in [6, 6.07) is 6.30. The molecule has 22 heteroatoms. The highest BCUT2D eigenvalue weighted by atomic mass is 32.2. The average Bonchev–Trinajstić information content (AvgIpc) is 2.99. The first kappa shape index (κ1) is 38.4. The Morgan fingerprint density at radius 2 is 0.692 bits per heavy atom. The highest BCUT2D eigenvalue weighted by Crippen LogP contribution is 2.41. The van der Waals surface area contributed by atoms with Crippen LogP contribution in [0, 0.1) is 0 Å². The molecule has 5 rings (SSSR count). The minimum Gasteiger partial charge on any atom is -0.507 e. The van der Waals surface area contributed by atoms with Gasteiger partial charge in [-0.15, -0.1) is 0 Å². The van der Waals surface area contributed by atoms with Crippen molar-refractivity contribution in [3.05, 3.63) is 93.0 Å². The van der Waals surface area contributed by atoms with E-state index in [1.165, 1.54) is 0 Å². The first-order valence-electron chi connectivity index (χ1n) is 14.3. The number of fused-ring (bicyclic) bond motifs is 8. The highest BCUT2D eigenvalue weighted by molar-refractivity contribution is 7.86. The summed E-state index contributed by atoms with van der Waals surface area (Å²) in [5, 5.41) is 34.1. The van der Waals surface area contributed by atoms with Crippen LogP contribution in [0.2, 0.25) is 0 Å². The Kier molecular flexibility index (Phi) is 9.83. The van der Waals surface area contributed by atoms with Crippen LogP contribution in [0.3, 0.4) is 0 Å². The fourth-order valence-corrected chi connectivity index (χ4v) is 8.05. The third-order valence-corrected chi connectivity index (χ3v) is 11.3.